The average molecular weight is 368 g/mol. The van der Waals surface area contributed by atoms with Crippen molar-refractivity contribution in [3.63, 3.8) is 0 Å². The van der Waals surface area contributed by atoms with Gasteiger partial charge in [-0.25, -0.2) is 0 Å². The van der Waals surface area contributed by atoms with Crippen LogP contribution in [0.25, 0.3) is 21.7 Å². The average Bonchev–Trinajstić information content (AvgIpc) is 3.08. The lowest BCUT2D eigenvalue weighted by molar-refractivity contribution is -0.147. The molecule has 140 valence electrons. The Bertz CT molecular complexity index is 992. The number of carbonyl (C=O) groups is 3. The van der Waals surface area contributed by atoms with E-state index in [4.69, 9.17) is 9.15 Å². The van der Waals surface area contributed by atoms with Crippen LogP contribution in [0.15, 0.2) is 47.1 Å². The summed E-state index contributed by atoms with van der Waals surface area (Å²) in [6, 6.07) is 11.7. The Hall–Kier alpha value is -3.35. The Morgan fingerprint density at radius 1 is 1.04 bits per heavy atom. The molecule has 2 aromatic carbocycles. The lowest BCUT2D eigenvalue weighted by Crippen LogP contribution is -2.38. The van der Waals surface area contributed by atoms with Crippen LogP contribution in [-0.2, 0) is 25.5 Å². The van der Waals surface area contributed by atoms with Crippen molar-refractivity contribution in [3.05, 3.63) is 48.2 Å². The lowest BCUT2D eigenvalue weighted by atomic mass is 10.0. The summed E-state index contributed by atoms with van der Waals surface area (Å²) < 4.78 is 10.5. The number of benzene rings is 2. The minimum atomic E-state index is -0.543. The van der Waals surface area contributed by atoms with Crippen LogP contribution in [0.4, 0.5) is 0 Å². The molecule has 0 saturated carbocycles. The molecule has 2 amide bonds. The Kier molecular flexibility index (Phi) is 5.71. The number of furan rings is 1. The van der Waals surface area contributed by atoms with Gasteiger partial charge in [-0.1, -0.05) is 30.3 Å². The van der Waals surface area contributed by atoms with E-state index in [0.717, 1.165) is 16.2 Å². The number of likely N-dealkylation sites (N-methyl/N-ethyl adjacent to an activating group) is 1. The molecule has 27 heavy (non-hydrogen) atoms. The molecule has 0 radical (unpaired) electrons. The van der Waals surface area contributed by atoms with Crippen LogP contribution in [-0.4, -0.2) is 37.5 Å². The second-order valence-corrected chi connectivity index (χ2v) is 5.99. The maximum absolute atomic E-state index is 12.1. The van der Waals surface area contributed by atoms with Crippen molar-refractivity contribution >= 4 is 39.5 Å². The van der Waals surface area contributed by atoms with Gasteiger partial charge in [-0.2, -0.15) is 0 Å². The fourth-order valence-corrected chi connectivity index (χ4v) is 2.85. The van der Waals surface area contributed by atoms with Gasteiger partial charge in [-0.3, -0.25) is 14.4 Å². The number of amides is 2. The van der Waals surface area contributed by atoms with Crippen LogP contribution in [0.3, 0.4) is 0 Å². The molecule has 7 nitrogen and oxygen atoms in total. The Morgan fingerprint density at radius 3 is 2.67 bits per heavy atom. The summed E-state index contributed by atoms with van der Waals surface area (Å²) >= 11 is 0. The molecular formula is C20H20N2O5. The van der Waals surface area contributed by atoms with Gasteiger partial charge in [0.05, 0.1) is 19.2 Å². The highest BCUT2D eigenvalue weighted by Gasteiger charge is 2.15. The van der Waals surface area contributed by atoms with Crippen molar-refractivity contribution < 1.29 is 23.5 Å². The second-order valence-electron chi connectivity index (χ2n) is 5.99. The van der Waals surface area contributed by atoms with Gasteiger partial charge < -0.3 is 19.8 Å². The standard InChI is InChI=1S/C20H20N2O5/c1-2-21-17(23)10-22-18(24)12-27-19(25)9-14-11-26-16-8-7-13-5-3-4-6-15(13)20(14)16/h3-8,11H,2,9-10,12H2,1H3,(H,21,23)(H,22,24). The molecule has 1 heterocycles. The summed E-state index contributed by atoms with van der Waals surface area (Å²) in [7, 11) is 0. The highest BCUT2D eigenvalue weighted by atomic mass is 16.5. The van der Waals surface area contributed by atoms with Crippen molar-refractivity contribution in [2.24, 2.45) is 0 Å². The first-order valence-electron chi connectivity index (χ1n) is 8.65. The third-order valence-corrected chi connectivity index (χ3v) is 4.06. The van der Waals surface area contributed by atoms with Crippen LogP contribution in [0.5, 0.6) is 0 Å². The Morgan fingerprint density at radius 2 is 1.85 bits per heavy atom. The molecule has 0 unspecified atom stereocenters. The largest absolute Gasteiger partial charge is 0.464 e. The van der Waals surface area contributed by atoms with Gasteiger partial charge in [0.2, 0.25) is 5.91 Å². The smallest absolute Gasteiger partial charge is 0.310 e. The van der Waals surface area contributed by atoms with Crippen LogP contribution < -0.4 is 10.6 Å². The second kappa shape index (κ2) is 8.35. The van der Waals surface area contributed by atoms with Crippen molar-refractivity contribution in [2.45, 2.75) is 13.3 Å². The molecule has 0 aliphatic rings. The first-order chi connectivity index (χ1) is 13.1. The quantitative estimate of drug-likeness (QED) is 0.621. The number of fused-ring (bicyclic) bond motifs is 3. The van der Waals surface area contributed by atoms with Gasteiger partial charge in [0.15, 0.2) is 6.61 Å². The highest BCUT2D eigenvalue weighted by molar-refractivity contribution is 6.08. The molecule has 0 bridgehead atoms. The molecule has 1 aromatic heterocycles. The minimum absolute atomic E-state index is 0.00932. The molecule has 0 spiro atoms. The van der Waals surface area contributed by atoms with Gasteiger partial charge in [-0.15, -0.1) is 0 Å². The Labute approximate surface area is 155 Å². The number of hydrogen-bond acceptors (Lipinski definition) is 5. The van der Waals surface area contributed by atoms with Gasteiger partial charge in [0, 0.05) is 17.5 Å². The fraction of sp³-hybridized carbons (Fsp3) is 0.250. The molecule has 3 aromatic rings. The predicted molar refractivity (Wildman–Crippen MR) is 100 cm³/mol. The van der Waals surface area contributed by atoms with Crippen molar-refractivity contribution in [1.29, 1.82) is 0 Å². The molecule has 2 N–H and O–H groups in total. The summed E-state index contributed by atoms with van der Waals surface area (Å²) in [4.78, 5) is 35.1. The van der Waals surface area contributed by atoms with E-state index in [9.17, 15) is 14.4 Å². The van der Waals surface area contributed by atoms with Crippen molar-refractivity contribution in [1.82, 2.24) is 10.6 Å². The van der Waals surface area contributed by atoms with E-state index >= 15 is 0 Å². The molecular weight excluding hydrogens is 348 g/mol. The molecule has 0 saturated heterocycles. The normalized spacial score (nSPS) is 10.7. The molecule has 0 aliphatic heterocycles. The van der Waals surface area contributed by atoms with Gasteiger partial charge >= 0.3 is 5.97 Å². The third-order valence-electron chi connectivity index (χ3n) is 4.06. The highest BCUT2D eigenvalue weighted by Crippen LogP contribution is 2.30. The molecule has 0 fully saturated rings. The third kappa shape index (κ3) is 4.44. The first-order valence-corrected chi connectivity index (χ1v) is 8.65. The fourth-order valence-electron chi connectivity index (χ4n) is 2.85. The summed E-state index contributed by atoms with van der Waals surface area (Å²) in [5.74, 6) is -1.37. The van der Waals surface area contributed by atoms with Crippen molar-refractivity contribution in [2.75, 3.05) is 19.7 Å². The lowest BCUT2D eigenvalue weighted by Gasteiger charge is -2.06. The topological polar surface area (TPSA) is 97.6 Å². The summed E-state index contributed by atoms with van der Waals surface area (Å²) in [6.45, 7) is 1.68. The van der Waals surface area contributed by atoms with E-state index in [2.05, 4.69) is 10.6 Å². The van der Waals surface area contributed by atoms with E-state index in [-0.39, 0.29) is 18.9 Å². The molecule has 7 heteroatoms. The van der Waals surface area contributed by atoms with E-state index in [1.54, 1.807) is 6.92 Å². The van der Waals surface area contributed by atoms with Gasteiger partial charge in [0.25, 0.3) is 5.91 Å². The van der Waals surface area contributed by atoms with Gasteiger partial charge in [0.1, 0.15) is 5.58 Å². The summed E-state index contributed by atoms with van der Waals surface area (Å²) in [5, 5.41) is 7.85. The van der Waals surface area contributed by atoms with E-state index < -0.39 is 18.5 Å². The number of carbonyl (C=O) groups excluding carboxylic acids is 3. The number of rotatable bonds is 7. The zero-order valence-corrected chi connectivity index (χ0v) is 14.9. The van der Waals surface area contributed by atoms with Crippen LogP contribution in [0.1, 0.15) is 12.5 Å². The predicted octanol–water partition coefficient (Wildman–Crippen LogP) is 1.92. The zero-order chi connectivity index (χ0) is 19.2. The van der Waals surface area contributed by atoms with Crippen LogP contribution in [0.2, 0.25) is 0 Å². The van der Waals surface area contributed by atoms with Gasteiger partial charge in [-0.05, 0) is 23.8 Å². The first kappa shape index (κ1) is 18.4. The van der Waals surface area contributed by atoms with E-state index in [1.165, 1.54) is 6.26 Å². The maximum atomic E-state index is 12.1. The monoisotopic (exact) mass is 368 g/mol. The summed E-state index contributed by atoms with van der Waals surface area (Å²) in [6.07, 6.45) is 1.53. The zero-order valence-electron chi connectivity index (χ0n) is 14.9. The minimum Gasteiger partial charge on any atom is -0.464 e. The van der Waals surface area contributed by atoms with Crippen molar-refractivity contribution in [3.8, 4) is 0 Å². The summed E-state index contributed by atoms with van der Waals surface area (Å²) in [5.41, 5.74) is 1.39. The van der Waals surface area contributed by atoms with Crippen LogP contribution >= 0.6 is 0 Å². The molecule has 3 rings (SSSR count). The SMILES string of the molecule is CCNC(=O)CNC(=O)COC(=O)Cc1coc2ccc3ccccc3c12. The van der Waals surface area contributed by atoms with E-state index in [0.29, 0.717) is 17.7 Å². The van der Waals surface area contributed by atoms with Crippen LogP contribution in [0, 0.1) is 0 Å². The maximum Gasteiger partial charge on any atom is 0.310 e. The number of esters is 1. The molecule has 0 aliphatic carbocycles. The molecule has 0 atom stereocenters. The number of hydrogen-bond donors (Lipinski definition) is 2. The number of nitrogens with one attached hydrogen (secondary N) is 2. The number of ether oxygens (including phenoxy) is 1. The van der Waals surface area contributed by atoms with E-state index in [1.807, 2.05) is 36.4 Å². The Balaban J connectivity index is 1.61.